The fraction of sp³-hybridized carbons (Fsp3) is 0.0400. The van der Waals surface area contributed by atoms with Crippen LogP contribution in [0.2, 0.25) is 0 Å². The largest absolute Gasteiger partial charge is 0.505 e. The fourth-order valence-electron chi connectivity index (χ4n) is 3.88. The van der Waals surface area contributed by atoms with Crippen LogP contribution in [0.15, 0.2) is 84.9 Å². The van der Waals surface area contributed by atoms with Crippen LogP contribution in [0.25, 0.3) is 0 Å². The van der Waals surface area contributed by atoms with E-state index >= 15 is 0 Å². The molecule has 2 N–H and O–H groups in total. The van der Waals surface area contributed by atoms with Gasteiger partial charge in [-0.2, -0.15) is 0 Å². The van der Waals surface area contributed by atoms with E-state index in [4.69, 9.17) is 0 Å². The number of phenolic OH excluding ortho intramolecular Hbond substituents is 2. The lowest BCUT2D eigenvalue weighted by molar-refractivity contribution is 0.430. The third-order valence-corrected chi connectivity index (χ3v) is 5.32. The number of phenols is 2. The zero-order chi connectivity index (χ0) is 22.2. The van der Waals surface area contributed by atoms with Gasteiger partial charge in [0.1, 0.15) is 11.6 Å². The third-order valence-electron chi connectivity index (χ3n) is 5.32. The lowest BCUT2D eigenvalue weighted by Crippen LogP contribution is -2.31. The predicted molar refractivity (Wildman–Crippen MR) is 108 cm³/mol. The smallest absolute Gasteiger partial charge is 0.165 e. The minimum absolute atomic E-state index is 0.283. The van der Waals surface area contributed by atoms with Crippen LogP contribution in [0.5, 0.6) is 11.5 Å². The molecule has 0 saturated heterocycles. The number of hydrogen-bond acceptors (Lipinski definition) is 2. The molecule has 0 bridgehead atoms. The van der Waals surface area contributed by atoms with E-state index in [1.165, 1.54) is 60.7 Å². The molecule has 0 aromatic heterocycles. The zero-order valence-corrected chi connectivity index (χ0v) is 16.0. The Morgan fingerprint density at radius 3 is 1.10 bits per heavy atom. The van der Waals surface area contributed by atoms with Crippen LogP contribution in [-0.2, 0) is 5.41 Å². The number of aromatic hydroxyl groups is 2. The summed E-state index contributed by atoms with van der Waals surface area (Å²) < 4.78 is 56.4. The van der Waals surface area contributed by atoms with Gasteiger partial charge in [0.05, 0.1) is 5.41 Å². The molecule has 4 aromatic carbocycles. The van der Waals surface area contributed by atoms with Gasteiger partial charge in [0.25, 0.3) is 0 Å². The van der Waals surface area contributed by atoms with Gasteiger partial charge in [0.2, 0.25) is 0 Å². The Labute approximate surface area is 175 Å². The first kappa shape index (κ1) is 20.5. The minimum atomic E-state index is -1.41. The van der Waals surface area contributed by atoms with Gasteiger partial charge in [0.15, 0.2) is 23.1 Å². The predicted octanol–water partition coefficient (Wildman–Crippen LogP) is 6.04. The van der Waals surface area contributed by atoms with Crippen molar-refractivity contribution >= 4 is 0 Å². The average molecular weight is 424 g/mol. The quantitative estimate of drug-likeness (QED) is 0.310. The monoisotopic (exact) mass is 424 g/mol. The summed E-state index contributed by atoms with van der Waals surface area (Å²) in [6, 6.07) is 18.1. The Bertz CT molecular complexity index is 1140. The van der Waals surface area contributed by atoms with Crippen molar-refractivity contribution in [2.45, 2.75) is 5.41 Å². The summed E-state index contributed by atoms with van der Waals surface area (Å²) in [4.78, 5) is 0. The molecule has 0 fully saturated rings. The van der Waals surface area contributed by atoms with Crippen molar-refractivity contribution in [2.24, 2.45) is 0 Å². The molecule has 0 aliphatic rings. The highest BCUT2D eigenvalue weighted by Crippen LogP contribution is 2.46. The van der Waals surface area contributed by atoms with Gasteiger partial charge in [-0.05, 0) is 70.8 Å². The lowest BCUT2D eigenvalue weighted by atomic mass is 9.65. The van der Waals surface area contributed by atoms with E-state index < -0.39 is 40.2 Å². The highest BCUT2D eigenvalue weighted by atomic mass is 19.1. The summed E-state index contributed by atoms with van der Waals surface area (Å²) in [5.74, 6) is -3.99. The maximum atomic E-state index is 14.4. The minimum Gasteiger partial charge on any atom is -0.505 e. The topological polar surface area (TPSA) is 40.5 Å². The molecule has 0 amide bonds. The van der Waals surface area contributed by atoms with Gasteiger partial charge in [0, 0.05) is 0 Å². The molecule has 0 heterocycles. The normalized spacial score (nSPS) is 11.5. The van der Waals surface area contributed by atoms with Crippen molar-refractivity contribution in [2.75, 3.05) is 0 Å². The van der Waals surface area contributed by atoms with Crippen LogP contribution in [-0.4, -0.2) is 10.2 Å². The maximum absolute atomic E-state index is 14.4. The molecule has 0 unspecified atom stereocenters. The third kappa shape index (κ3) is 3.50. The Morgan fingerprint density at radius 1 is 0.452 bits per heavy atom. The summed E-state index contributed by atoms with van der Waals surface area (Å²) in [7, 11) is 0. The van der Waals surface area contributed by atoms with Gasteiger partial charge < -0.3 is 10.2 Å². The first-order valence-electron chi connectivity index (χ1n) is 9.32. The van der Waals surface area contributed by atoms with Crippen molar-refractivity contribution in [1.82, 2.24) is 0 Å². The molecule has 0 spiro atoms. The second-order valence-corrected chi connectivity index (χ2v) is 7.10. The van der Waals surface area contributed by atoms with Crippen molar-refractivity contribution in [1.29, 1.82) is 0 Å². The number of hydrogen-bond donors (Lipinski definition) is 2. The first-order valence-corrected chi connectivity index (χ1v) is 9.32. The van der Waals surface area contributed by atoms with Crippen LogP contribution in [0.4, 0.5) is 17.6 Å². The summed E-state index contributed by atoms with van der Waals surface area (Å²) in [6.45, 7) is 0. The number of benzene rings is 4. The van der Waals surface area contributed by atoms with Crippen LogP contribution in [0.1, 0.15) is 22.3 Å². The van der Waals surface area contributed by atoms with Crippen LogP contribution < -0.4 is 0 Å². The number of halogens is 4. The van der Waals surface area contributed by atoms with Crippen molar-refractivity contribution < 1.29 is 27.8 Å². The highest BCUT2D eigenvalue weighted by Gasteiger charge is 2.39. The Balaban J connectivity index is 2.16. The van der Waals surface area contributed by atoms with E-state index in [2.05, 4.69) is 0 Å². The molecule has 156 valence electrons. The van der Waals surface area contributed by atoms with Gasteiger partial charge >= 0.3 is 0 Å². The van der Waals surface area contributed by atoms with Crippen LogP contribution in [0, 0.1) is 23.3 Å². The summed E-state index contributed by atoms with van der Waals surface area (Å²) in [6.07, 6.45) is 0. The van der Waals surface area contributed by atoms with Gasteiger partial charge in [-0.25, -0.2) is 17.6 Å². The van der Waals surface area contributed by atoms with E-state index in [-0.39, 0.29) is 11.1 Å². The molecular weight excluding hydrogens is 408 g/mol. The zero-order valence-electron chi connectivity index (χ0n) is 16.0. The highest BCUT2D eigenvalue weighted by molar-refractivity contribution is 5.60. The molecule has 4 rings (SSSR count). The fourth-order valence-corrected chi connectivity index (χ4v) is 3.88. The second kappa shape index (κ2) is 7.80. The van der Waals surface area contributed by atoms with E-state index in [9.17, 15) is 27.8 Å². The van der Waals surface area contributed by atoms with E-state index in [1.807, 2.05) is 0 Å². The molecule has 0 radical (unpaired) electrons. The molecule has 31 heavy (non-hydrogen) atoms. The Hall–Kier alpha value is -3.80. The maximum Gasteiger partial charge on any atom is 0.165 e. The van der Waals surface area contributed by atoms with Crippen molar-refractivity contribution in [3.05, 3.63) is 130 Å². The van der Waals surface area contributed by atoms with E-state index in [0.29, 0.717) is 11.1 Å². The van der Waals surface area contributed by atoms with Crippen molar-refractivity contribution in [3.8, 4) is 11.5 Å². The molecule has 0 aliphatic carbocycles. The van der Waals surface area contributed by atoms with E-state index in [1.54, 1.807) is 0 Å². The molecule has 6 heteroatoms. The second-order valence-electron chi connectivity index (χ2n) is 7.10. The van der Waals surface area contributed by atoms with Gasteiger partial charge in [-0.3, -0.25) is 0 Å². The SMILES string of the molecule is Oc1ccc(C(c2ccc(F)cc2)(c2ccc(F)cc2)c2ccc(O)c(F)c2)cc1F. The van der Waals surface area contributed by atoms with Crippen molar-refractivity contribution in [3.63, 3.8) is 0 Å². The summed E-state index contributed by atoms with van der Waals surface area (Å²) in [5, 5.41) is 19.4. The van der Waals surface area contributed by atoms with Crippen LogP contribution in [0.3, 0.4) is 0 Å². The Morgan fingerprint density at radius 2 is 0.774 bits per heavy atom. The lowest BCUT2D eigenvalue weighted by Gasteiger charge is -2.37. The molecule has 0 saturated carbocycles. The molecule has 4 aromatic rings. The summed E-state index contributed by atoms with van der Waals surface area (Å²) in [5.41, 5.74) is 0.0355. The Kier molecular flexibility index (Phi) is 5.15. The van der Waals surface area contributed by atoms with Gasteiger partial charge in [-0.1, -0.05) is 36.4 Å². The standard InChI is InChI=1S/C25H16F4O2/c26-19-7-1-15(2-8-19)25(16-3-9-20(27)10-4-16,17-5-11-23(30)21(28)13-17)18-6-12-24(31)22(29)14-18/h1-14,30-31H. The molecular formula is C25H16F4O2. The van der Waals surface area contributed by atoms with Gasteiger partial charge in [-0.15, -0.1) is 0 Å². The van der Waals surface area contributed by atoms with Crippen LogP contribution >= 0.6 is 0 Å². The first-order chi connectivity index (χ1) is 14.8. The number of rotatable bonds is 4. The molecule has 0 atom stereocenters. The average Bonchev–Trinajstić information content (AvgIpc) is 2.76. The molecule has 2 nitrogen and oxygen atoms in total. The summed E-state index contributed by atoms with van der Waals surface area (Å²) >= 11 is 0. The van der Waals surface area contributed by atoms with E-state index in [0.717, 1.165) is 24.3 Å². The molecule has 0 aliphatic heterocycles.